The molecule has 1 aliphatic carbocycles. The predicted molar refractivity (Wildman–Crippen MR) is 78.1 cm³/mol. The van der Waals surface area contributed by atoms with Crippen LogP contribution in [0.3, 0.4) is 0 Å². The van der Waals surface area contributed by atoms with Crippen molar-refractivity contribution in [2.24, 2.45) is 5.92 Å². The highest BCUT2D eigenvalue weighted by Crippen LogP contribution is 2.35. The van der Waals surface area contributed by atoms with E-state index in [1.807, 2.05) is 0 Å². The van der Waals surface area contributed by atoms with Crippen LogP contribution >= 0.6 is 0 Å². The van der Waals surface area contributed by atoms with Gasteiger partial charge in [0.25, 0.3) is 0 Å². The van der Waals surface area contributed by atoms with Gasteiger partial charge >= 0.3 is 0 Å². The minimum absolute atomic E-state index is 0.519. The maximum absolute atomic E-state index is 4.44. The number of rotatable bonds is 2. The molecule has 2 aliphatic rings. The van der Waals surface area contributed by atoms with Crippen molar-refractivity contribution >= 4 is 0 Å². The molecule has 1 saturated heterocycles. The Bertz CT molecular complexity index is 404. The number of nitrogens with one attached hydrogen (secondary N) is 1. The molecule has 0 bridgehead atoms. The second-order valence-corrected chi connectivity index (χ2v) is 6.69. The van der Waals surface area contributed by atoms with Crippen LogP contribution in [0.25, 0.3) is 0 Å². The lowest BCUT2D eigenvalue weighted by molar-refractivity contribution is 0.269. The Balaban J connectivity index is 1.74. The smallest absolute Gasteiger partial charge is 0.0951 e. The first-order valence-corrected chi connectivity index (χ1v) is 8.02. The number of aromatic nitrogens is 2. The average molecular weight is 261 g/mol. The van der Waals surface area contributed by atoms with Crippen molar-refractivity contribution in [3.63, 3.8) is 0 Å². The van der Waals surface area contributed by atoms with Gasteiger partial charge in [-0.25, -0.2) is 4.98 Å². The first kappa shape index (κ1) is 13.2. The van der Waals surface area contributed by atoms with E-state index in [1.54, 1.807) is 0 Å². The van der Waals surface area contributed by atoms with Crippen LogP contribution in [-0.2, 0) is 0 Å². The molecular weight excluding hydrogens is 234 g/mol. The number of imidazole rings is 1. The summed E-state index contributed by atoms with van der Waals surface area (Å²) in [6.07, 6.45) is 13.5. The van der Waals surface area contributed by atoms with Gasteiger partial charge in [-0.3, -0.25) is 0 Å². The first-order valence-electron chi connectivity index (χ1n) is 8.02. The Labute approximate surface area is 116 Å². The molecule has 1 aromatic heterocycles. The van der Waals surface area contributed by atoms with E-state index in [1.165, 1.54) is 50.6 Å². The van der Waals surface area contributed by atoms with E-state index in [-0.39, 0.29) is 0 Å². The molecule has 0 spiro atoms. The lowest BCUT2D eigenvalue weighted by Gasteiger charge is -2.33. The van der Waals surface area contributed by atoms with E-state index < -0.39 is 0 Å². The summed E-state index contributed by atoms with van der Waals surface area (Å²) in [6, 6.07) is 1.85. The van der Waals surface area contributed by atoms with Crippen LogP contribution in [0, 0.1) is 5.92 Å². The van der Waals surface area contributed by atoms with Crippen molar-refractivity contribution in [2.45, 2.75) is 76.9 Å². The van der Waals surface area contributed by atoms with Crippen LogP contribution in [0.5, 0.6) is 0 Å². The summed E-state index contributed by atoms with van der Waals surface area (Å²) in [7, 11) is 0. The fraction of sp³-hybridized carbons (Fsp3) is 0.812. The third-order valence-corrected chi connectivity index (χ3v) is 5.05. The molecule has 2 unspecified atom stereocenters. The van der Waals surface area contributed by atoms with Crippen LogP contribution in [0.2, 0.25) is 0 Å². The van der Waals surface area contributed by atoms with E-state index in [4.69, 9.17) is 0 Å². The minimum Gasteiger partial charge on any atom is -0.330 e. The second kappa shape index (κ2) is 5.66. The summed E-state index contributed by atoms with van der Waals surface area (Å²) in [5.74, 6) is 0.913. The molecule has 3 nitrogen and oxygen atoms in total. The summed E-state index contributed by atoms with van der Waals surface area (Å²) < 4.78 is 2.47. The molecule has 1 saturated carbocycles. The van der Waals surface area contributed by atoms with Gasteiger partial charge < -0.3 is 9.88 Å². The van der Waals surface area contributed by atoms with Gasteiger partial charge in [-0.15, -0.1) is 0 Å². The molecule has 1 aromatic rings. The van der Waals surface area contributed by atoms with E-state index in [9.17, 15) is 0 Å². The van der Waals surface area contributed by atoms with Crippen LogP contribution in [0.15, 0.2) is 12.5 Å². The minimum atomic E-state index is 0.519. The van der Waals surface area contributed by atoms with Crippen molar-refractivity contribution in [1.29, 1.82) is 0 Å². The Morgan fingerprint density at radius 3 is 2.63 bits per heavy atom. The average Bonchev–Trinajstić information content (AvgIpc) is 2.89. The van der Waals surface area contributed by atoms with E-state index in [2.05, 4.69) is 41.2 Å². The number of hydrogen-bond acceptors (Lipinski definition) is 2. The Kier molecular flexibility index (Phi) is 3.92. The van der Waals surface area contributed by atoms with Crippen LogP contribution in [0.1, 0.15) is 76.6 Å². The zero-order chi connectivity index (χ0) is 13.2. The molecule has 1 aliphatic heterocycles. The zero-order valence-corrected chi connectivity index (χ0v) is 12.3. The van der Waals surface area contributed by atoms with E-state index in [0.717, 1.165) is 5.92 Å². The maximum atomic E-state index is 4.44. The largest absolute Gasteiger partial charge is 0.330 e. The Morgan fingerprint density at radius 1 is 1.11 bits per heavy atom. The normalized spacial score (nSPS) is 36.3. The third kappa shape index (κ3) is 2.86. The number of hydrogen-bond donors (Lipinski definition) is 1. The van der Waals surface area contributed by atoms with Crippen molar-refractivity contribution in [2.75, 3.05) is 0 Å². The van der Waals surface area contributed by atoms with E-state index in [0.29, 0.717) is 18.1 Å². The highest BCUT2D eigenvalue weighted by Gasteiger charge is 2.26. The highest BCUT2D eigenvalue weighted by atomic mass is 15.1. The summed E-state index contributed by atoms with van der Waals surface area (Å²) in [6.45, 7) is 4.69. The molecule has 2 heterocycles. The van der Waals surface area contributed by atoms with Crippen molar-refractivity contribution in [3.8, 4) is 0 Å². The first-order chi connectivity index (χ1) is 9.24. The summed E-state index contributed by atoms with van der Waals surface area (Å²) in [4.78, 5) is 4.44. The molecule has 19 heavy (non-hydrogen) atoms. The predicted octanol–water partition coefficient (Wildman–Crippen LogP) is 3.84. The van der Waals surface area contributed by atoms with Crippen LogP contribution in [-0.4, -0.2) is 15.6 Å². The lowest BCUT2D eigenvalue weighted by Crippen LogP contribution is -2.36. The van der Waals surface area contributed by atoms with Gasteiger partial charge in [0.2, 0.25) is 0 Å². The second-order valence-electron chi connectivity index (χ2n) is 6.69. The fourth-order valence-corrected chi connectivity index (χ4v) is 3.78. The lowest BCUT2D eigenvalue weighted by atomic mass is 9.87. The summed E-state index contributed by atoms with van der Waals surface area (Å²) >= 11 is 0. The molecule has 3 rings (SSSR count). The van der Waals surface area contributed by atoms with E-state index >= 15 is 0 Å². The SMILES string of the molecule is CC1CCC(n2cncc2C2CCCC(C)N2)CC1. The van der Waals surface area contributed by atoms with Gasteiger partial charge in [0.1, 0.15) is 0 Å². The summed E-state index contributed by atoms with van der Waals surface area (Å²) in [5.41, 5.74) is 1.42. The molecule has 0 aromatic carbocycles. The monoisotopic (exact) mass is 261 g/mol. The standard InChI is InChI=1S/C16H27N3/c1-12-6-8-14(9-7-12)19-11-17-10-16(19)15-5-3-4-13(2)18-15/h10-15,18H,3-9H2,1-2H3. The van der Waals surface area contributed by atoms with Crippen molar-refractivity contribution < 1.29 is 0 Å². The van der Waals surface area contributed by atoms with Gasteiger partial charge in [-0.05, 0) is 57.8 Å². The van der Waals surface area contributed by atoms with Gasteiger partial charge in [-0.2, -0.15) is 0 Å². The molecular formula is C16H27N3. The third-order valence-electron chi connectivity index (χ3n) is 5.05. The van der Waals surface area contributed by atoms with Crippen molar-refractivity contribution in [1.82, 2.24) is 14.9 Å². The molecule has 1 N–H and O–H groups in total. The van der Waals surface area contributed by atoms with Gasteiger partial charge in [-0.1, -0.05) is 6.92 Å². The highest BCUT2D eigenvalue weighted by molar-refractivity contribution is 5.09. The zero-order valence-electron chi connectivity index (χ0n) is 12.3. The van der Waals surface area contributed by atoms with Gasteiger partial charge in [0.15, 0.2) is 0 Å². The molecule has 0 radical (unpaired) electrons. The molecule has 0 amide bonds. The quantitative estimate of drug-likeness (QED) is 0.876. The number of piperidine rings is 1. The number of nitrogens with zero attached hydrogens (tertiary/aromatic N) is 2. The molecule has 2 fully saturated rings. The van der Waals surface area contributed by atoms with Crippen LogP contribution < -0.4 is 5.32 Å². The fourth-order valence-electron chi connectivity index (χ4n) is 3.78. The van der Waals surface area contributed by atoms with Crippen LogP contribution in [0.4, 0.5) is 0 Å². The Morgan fingerprint density at radius 2 is 1.89 bits per heavy atom. The maximum Gasteiger partial charge on any atom is 0.0951 e. The van der Waals surface area contributed by atoms with Gasteiger partial charge in [0.05, 0.1) is 12.0 Å². The summed E-state index contributed by atoms with van der Waals surface area (Å²) in [5, 5.41) is 3.75. The van der Waals surface area contributed by atoms with Crippen molar-refractivity contribution in [3.05, 3.63) is 18.2 Å². The molecule has 106 valence electrons. The molecule has 2 atom stereocenters. The topological polar surface area (TPSA) is 29.9 Å². The molecule has 3 heteroatoms. The van der Waals surface area contributed by atoms with Gasteiger partial charge in [0, 0.05) is 24.3 Å². The Hall–Kier alpha value is -0.830.